The molecule has 0 amide bonds. The van der Waals surface area contributed by atoms with Crippen LogP contribution in [0.1, 0.15) is 57.6 Å². The molecular formula is C76H44S4. The minimum Gasteiger partial charge on any atom is -0.135 e. The van der Waals surface area contributed by atoms with Gasteiger partial charge < -0.3 is 0 Å². The largest absolute Gasteiger partial charge is 0.135 e. The molecule has 18 aromatic rings. The Morgan fingerprint density at radius 3 is 0.900 bits per heavy atom. The first-order valence-corrected chi connectivity index (χ1v) is 27.1. The standard InChI is InChI=1S/2C38H22S2/c1-3-14-29-27(12-1)36(23-20-21-26-24-10-5-7-18-33(24)39-35(26)22-23)28-13-2-4-15-30(28)37(29)32-17-9-16-31-25-11-6-8-19-34(25)40-38(31)32;1-2-14-26-25(13-1)35(31-19-9-17-29-23-11-5-7-21-33(23)39-37(29)31)27-15-3-4-16-28(27)36(26)32-20-10-18-30-24-12-6-8-22-34(24)40-38(30)32/h2*1-22H/i1D,2D,3D,4D,5D,6D,7D,8D,9D,10D,11D,12D,13D,14D,15D,17D,18D,19D,20D,21D,22D;1D,2D,3D,4D,5D,6D,7D,8D,9D,10D,11D,12D,13D,14D,15D,16D,17D,19D,20D,21D,22D. The molecule has 14 aromatic carbocycles. The molecule has 0 fully saturated rings. The van der Waals surface area contributed by atoms with Gasteiger partial charge in [0, 0.05) is 97.4 Å². The SMILES string of the molecule is [2H]c1cc2c(sc3c([2H])c([2H])c([2H])c([2H])c32)c(-c2c3c([2H])c([2H])c([2H])c([2H])c3c(-c3c([2H])c([2H])c([2H])c4c3sc3c([2H])c([2H])c([2H])c([2H])c34)c3c([2H])c([2H])c([2H])c([2H])c23)c1[2H].[2H]c1cc2c(sc3c([2H])c([2H])c([2H])c([2H])c32)c(-c2c3c([2H])c([2H])c([2H])c([2H])c3c(-c3c([2H])c([2H])c4c(sc5c([2H])c([2H])c([2H])c([2H])c54)c3[2H])c3c([2H])c([2H])c([2H])c([2H])c23)c1[2H]. The number of hydrogen-bond acceptors (Lipinski definition) is 4. The average Bonchev–Trinajstić information content (AvgIpc) is 1.16. The third-order valence-corrected chi connectivity index (χ3v) is 18.0. The van der Waals surface area contributed by atoms with Gasteiger partial charge >= 0.3 is 0 Å². The number of hydrogen-bond donors (Lipinski definition) is 0. The summed E-state index contributed by atoms with van der Waals surface area (Å²) < 4.78 is 374. The maximum Gasteiger partial charge on any atom is 0.0644 e. The van der Waals surface area contributed by atoms with Crippen LogP contribution in [0.15, 0.2) is 266 Å². The highest BCUT2D eigenvalue weighted by Crippen LogP contribution is 2.52. The quantitative estimate of drug-likeness (QED) is 0.154. The van der Waals surface area contributed by atoms with Crippen LogP contribution in [0.2, 0.25) is 0 Å². The van der Waals surface area contributed by atoms with Crippen LogP contribution in [0.3, 0.4) is 0 Å². The van der Waals surface area contributed by atoms with Crippen molar-refractivity contribution in [2.45, 2.75) is 0 Å². The minimum atomic E-state index is -0.823. The first-order valence-electron chi connectivity index (χ1n) is 44.8. The first-order chi connectivity index (χ1) is 57.1. The Kier molecular flexibility index (Phi) is 4.78. The number of fused-ring (bicyclic) bond motifs is 16. The van der Waals surface area contributed by atoms with Gasteiger partial charge in [0.1, 0.15) is 0 Å². The highest BCUT2D eigenvalue weighted by atomic mass is 32.1. The fraction of sp³-hybridized carbons (Fsp3) is 0. The molecule has 0 aliphatic heterocycles. The van der Waals surface area contributed by atoms with Crippen LogP contribution in [-0.4, -0.2) is 0 Å². The molecule has 0 aliphatic rings. The molecule has 0 saturated carbocycles. The summed E-state index contributed by atoms with van der Waals surface area (Å²) in [6.07, 6.45) is 0. The molecule has 4 heterocycles. The Bertz CT molecular complexity index is 7990. The van der Waals surface area contributed by atoms with Crippen molar-refractivity contribution in [3.8, 4) is 44.5 Å². The molecule has 4 aromatic heterocycles. The molecule has 0 spiro atoms. The van der Waals surface area contributed by atoms with Gasteiger partial charge in [-0.1, -0.05) is 236 Å². The van der Waals surface area contributed by atoms with Crippen molar-refractivity contribution in [2.75, 3.05) is 0 Å². The van der Waals surface area contributed by atoms with Crippen molar-refractivity contribution in [1.29, 1.82) is 0 Å². The van der Waals surface area contributed by atoms with Crippen LogP contribution in [0.4, 0.5) is 0 Å². The summed E-state index contributed by atoms with van der Waals surface area (Å²) in [5.74, 6) is 0. The van der Waals surface area contributed by atoms with Crippen LogP contribution in [0, 0.1) is 0 Å². The zero-order valence-electron chi connectivity index (χ0n) is 81.8. The maximum absolute atomic E-state index is 9.60. The monoisotopic (exact) mass is 1130 g/mol. The van der Waals surface area contributed by atoms with Crippen LogP contribution in [0.5, 0.6) is 0 Å². The minimum absolute atomic E-state index is 0.00570. The first kappa shape index (κ1) is 20.9. The highest BCUT2D eigenvalue weighted by Gasteiger charge is 2.23. The Balaban J connectivity index is 0.000000173. The van der Waals surface area contributed by atoms with Crippen LogP contribution in [-0.2, 0) is 0 Å². The second kappa shape index (κ2) is 18.3. The summed E-state index contributed by atoms with van der Waals surface area (Å²) >= 11 is 3.04. The second-order valence-electron chi connectivity index (χ2n) is 17.7. The zero-order chi connectivity index (χ0) is 89.0. The van der Waals surface area contributed by atoms with E-state index in [-0.39, 0.29) is 109 Å². The van der Waals surface area contributed by atoms with E-state index in [1.165, 1.54) is 12.1 Å². The summed E-state index contributed by atoms with van der Waals surface area (Å²) in [6, 6.07) is -25.0. The maximum atomic E-state index is 9.60. The summed E-state index contributed by atoms with van der Waals surface area (Å²) in [5, 5.41) is -4.12. The molecular weight excluding hydrogens is 1040 g/mol. The molecule has 0 atom stereocenters. The third-order valence-electron chi connectivity index (χ3n) is 13.6. The molecule has 18 rings (SSSR count). The lowest BCUT2D eigenvalue weighted by molar-refractivity contribution is 1.71. The molecule has 0 aliphatic carbocycles. The van der Waals surface area contributed by atoms with E-state index in [0.29, 0.717) is 11.3 Å². The van der Waals surface area contributed by atoms with Crippen molar-refractivity contribution >= 4 is 169 Å². The fourth-order valence-electron chi connectivity index (χ4n) is 10.3. The Labute approximate surface area is 535 Å². The van der Waals surface area contributed by atoms with Crippen molar-refractivity contribution in [3.05, 3.63) is 266 Å². The molecule has 372 valence electrons. The third kappa shape index (κ3) is 6.97. The zero-order valence-corrected chi connectivity index (χ0v) is 43.1. The lowest BCUT2D eigenvalue weighted by Crippen LogP contribution is -1.91. The van der Waals surface area contributed by atoms with Crippen LogP contribution >= 0.6 is 45.3 Å². The average molecular weight is 1130 g/mol. The van der Waals surface area contributed by atoms with E-state index < -0.39 is 314 Å². The molecule has 0 saturated heterocycles. The topological polar surface area (TPSA) is 0 Å². The Hall–Kier alpha value is -9.00. The van der Waals surface area contributed by atoms with Crippen molar-refractivity contribution in [3.63, 3.8) is 0 Å². The molecule has 80 heavy (non-hydrogen) atoms. The predicted molar refractivity (Wildman–Crippen MR) is 356 cm³/mol. The summed E-state index contributed by atoms with van der Waals surface area (Å²) in [5.41, 5.74) is -3.02. The normalized spacial score (nSPS) is 19.4. The molecule has 4 heteroatoms. The van der Waals surface area contributed by atoms with E-state index in [0.717, 1.165) is 34.0 Å². The predicted octanol–water partition coefficient (Wildman–Crippen LogP) is 24.1. The van der Waals surface area contributed by atoms with Gasteiger partial charge in [-0.05, 0) is 101 Å². The summed E-state index contributed by atoms with van der Waals surface area (Å²) in [4.78, 5) is 0. The fourth-order valence-corrected chi connectivity index (χ4v) is 14.6. The molecule has 0 N–H and O–H groups in total. The van der Waals surface area contributed by atoms with Crippen molar-refractivity contribution in [2.24, 2.45) is 0 Å². The van der Waals surface area contributed by atoms with E-state index in [1.54, 1.807) is 0 Å². The van der Waals surface area contributed by atoms with Gasteiger partial charge in [0.05, 0.1) is 57.6 Å². The Morgan fingerprint density at radius 2 is 0.487 bits per heavy atom. The van der Waals surface area contributed by atoms with E-state index in [1.807, 2.05) is 0 Å². The van der Waals surface area contributed by atoms with Gasteiger partial charge in [-0.25, -0.2) is 0 Å². The second-order valence-corrected chi connectivity index (χ2v) is 21.8. The molecule has 0 nitrogen and oxygen atoms in total. The molecule has 0 radical (unpaired) electrons. The van der Waals surface area contributed by atoms with Gasteiger partial charge in [0.25, 0.3) is 0 Å². The van der Waals surface area contributed by atoms with Crippen LogP contribution in [0.25, 0.3) is 168 Å². The highest BCUT2D eigenvalue weighted by molar-refractivity contribution is 7.27. The lowest BCUT2D eigenvalue weighted by atomic mass is 9.85. The van der Waals surface area contributed by atoms with Gasteiger partial charge in [-0.2, -0.15) is 0 Å². The van der Waals surface area contributed by atoms with E-state index >= 15 is 0 Å². The lowest BCUT2D eigenvalue weighted by Gasteiger charge is -2.18. The van der Waals surface area contributed by atoms with Crippen molar-refractivity contribution < 1.29 is 57.6 Å². The smallest absolute Gasteiger partial charge is 0.0644 e. The van der Waals surface area contributed by atoms with Gasteiger partial charge in [0.15, 0.2) is 0 Å². The van der Waals surface area contributed by atoms with E-state index in [2.05, 4.69) is 0 Å². The van der Waals surface area contributed by atoms with E-state index in [9.17, 15) is 19.2 Å². The summed E-state index contributed by atoms with van der Waals surface area (Å²) in [6.45, 7) is 0. The number of benzene rings is 14. The summed E-state index contributed by atoms with van der Waals surface area (Å²) in [7, 11) is 0. The Morgan fingerprint density at radius 1 is 0.200 bits per heavy atom. The van der Waals surface area contributed by atoms with Gasteiger partial charge in [0.2, 0.25) is 0 Å². The van der Waals surface area contributed by atoms with Crippen molar-refractivity contribution in [1.82, 2.24) is 0 Å². The van der Waals surface area contributed by atoms with Crippen LogP contribution < -0.4 is 0 Å². The van der Waals surface area contributed by atoms with Gasteiger partial charge in [-0.3, -0.25) is 0 Å². The number of thiophene rings is 4. The van der Waals surface area contributed by atoms with E-state index in [4.69, 9.17) is 38.4 Å². The molecule has 0 unspecified atom stereocenters. The molecule has 0 bridgehead atoms. The van der Waals surface area contributed by atoms with Gasteiger partial charge in [-0.15, -0.1) is 45.3 Å². The number of rotatable bonds is 4.